The van der Waals surface area contributed by atoms with E-state index >= 15 is 0 Å². The molecular formula is C14H18ClF3N2O2. The number of hydrogen-bond acceptors (Lipinski definition) is 3. The van der Waals surface area contributed by atoms with Crippen LogP contribution in [0, 0.1) is 0 Å². The van der Waals surface area contributed by atoms with Crippen LogP contribution in [-0.4, -0.2) is 43.3 Å². The maximum absolute atomic E-state index is 12.4. The van der Waals surface area contributed by atoms with E-state index in [1.807, 2.05) is 0 Å². The number of para-hydroxylation sites is 1. The second-order valence-electron chi connectivity index (χ2n) is 4.96. The molecule has 1 aliphatic heterocycles. The molecule has 2 rings (SSSR count). The molecule has 1 aromatic rings. The van der Waals surface area contributed by atoms with Gasteiger partial charge in [-0.3, -0.25) is 4.79 Å². The topological polar surface area (TPSA) is 41.6 Å². The lowest BCUT2D eigenvalue weighted by atomic mass is 10.0. The Morgan fingerprint density at radius 3 is 2.64 bits per heavy atom. The van der Waals surface area contributed by atoms with E-state index in [-0.39, 0.29) is 24.0 Å². The third kappa shape index (κ3) is 4.78. The minimum atomic E-state index is -4.82. The number of amides is 1. The van der Waals surface area contributed by atoms with Gasteiger partial charge in [0.15, 0.2) is 0 Å². The number of hydrogen-bond donors (Lipinski definition) is 1. The normalized spacial score (nSPS) is 18.3. The van der Waals surface area contributed by atoms with Gasteiger partial charge in [0.05, 0.1) is 5.56 Å². The molecule has 22 heavy (non-hydrogen) atoms. The quantitative estimate of drug-likeness (QED) is 0.921. The number of nitrogens with one attached hydrogen (secondary N) is 1. The summed E-state index contributed by atoms with van der Waals surface area (Å²) in [6, 6.07) is 5.39. The van der Waals surface area contributed by atoms with Gasteiger partial charge in [0.25, 0.3) is 5.91 Å². The van der Waals surface area contributed by atoms with Gasteiger partial charge in [-0.25, -0.2) is 0 Å². The highest BCUT2D eigenvalue weighted by Gasteiger charge is 2.33. The Hall–Kier alpha value is -1.47. The third-order valence-electron chi connectivity index (χ3n) is 3.48. The molecule has 1 aromatic carbocycles. The van der Waals surface area contributed by atoms with Crippen LogP contribution in [0.3, 0.4) is 0 Å². The van der Waals surface area contributed by atoms with Crippen LogP contribution in [0.25, 0.3) is 0 Å². The fourth-order valence-corrected chi connectivity index (χ4v) is 2.38. The summed E-state index contributed by atoms with van der Waals surface area (Å²) in [5.74, 6) is -0.936. The Kier molecular flexibility index (Phi) is 6.49. The van der Waals surface area contributed by atoms with Crippen molar-refractivity contribution in [1.29, 1.82) is 0 Å². The van der Waals surface area contributed by atoms with Crippen LogP contribution >= 0.6 is 12.4 Å². The van der Waals surface area contributed by atoms with Gasteiger partial charge in [-0.1, -0.05) is 12.1 Å². The second-order valence-corrected chi connectivity index (χ2v) is 4.96. The highest BCUT2D eigenvalue weighted by molar-refractivity contribution is 5.97. The first-order valence-corrected chi connectivity index (χ1v) is 6.71. The van der Waals surface area contributed by atoms with E-state index in [4.69, 9.17) is 0 Å². The number of alkyl halides is 3. The molecule has 1 amide bonds. The molecule has 0 radical (unpaired) electrons. The number of rotatable bonds is 3. The van der Waals surface area contributed by atoms with Crippen LogP contribution in [0.5, 0.6) is 5.75 Å². The highest BCUT2D eigenvalue weighted by Crippen LogP contribution is 2.27. The van der Waals surface area contributed by atoms with Gasteiger partial charge in [0.2, 0.25) is 0 Å². The average Bonchev–Trinajstić information content (AvgIpc) is 2.45. The number of likely N-dealkylation sites (N-methyl/N-ethyl adjacent to an activating group) is 1. The molecule has 1 fully saturated rings. The molecule has 1 unspecified atom stereocenters. The Labute approximate surface area is 133 Å². The Balaban J connectivity index is 0.00000242. The van der Waals surface area contributed by atoms with Crippen molar-refractivity contribution in [3.05, 3.63) is 29.8 Å². The van der Waals surface area contributed by atoms with Gasteiger partial charge in [0, 0.05) is 19.6 Å². The number of halogens is 4. The Morgan fingerprint density at radius 2 is 2.05 bits per heavy atom. The lowest BCUT2D eigenvalue weighted by molar-refractivity contribution is -0.274. The first-order chi connectivity index (χ1) is 9.88. The lowest BCUT2D eigenvalue weighted by Gasteiger charge is -2.32. The molecule has 0 aromatic heterocycles. The van der Waals surface area contributed by atoms with E-state index in [2.05, 4.69) is 10.1 Å². The smallest absolute Gasteiger partial charge is 0.405 e. The molecule has 0 spiro atoms. The van der Waals surface area contributed by atoms with E-state index in [1.54, 1.807) is 7.05 Å². The first kappa shape index (κ1) is 18.6. The number of carbonyl (C=O) groups is 1. The van der Waals surface area contributed by atoms with Crippen LogP contribution in [-0.2, 0) is 0 Å². The summed E-state index contributed by atoms with van der Waals surface area (Å²) >= 11 is 0. The molecule has 1 aliphatic rings. The molecule has 1 atom stereocenters. The molecule has 1 N–H and O–H groups in total. The zero-order chi connectivity index (χ0) is 15.5. The number of nitrogens with zero attached hydrogens (tertiary/aromatic N) is 1. The van der Waals surface area contributed by atoms with Gasteiger partial charge >= 0.3 is 6.36 Å². The van der Waals surface area contributed by atoms with Gasteiger partial charge in [-0.2, -0.15) is 0 Å². The van der Waals surface area contributed by atoms with Crippen LogP contribution < -0.4 is 10.1 Å². The predicted molar refractivity (Wildman–Crippen MR) is 78.4 cm³/mol. The van der Waals surface area contributed by atoms with Crippen LogP contribution in [0.15, 0.2) is 24.3 Å². The molecule has 124 valence electrons. The molecule has 0 bridgehead atoms. The summed E-state index contributed by atoms with van der Waals surface area (Å²) < 4.78 is 41.1. The summed E-state index contributed by atoms with van der Waals surface area (Å²) in [5, 5.41) is 3.17. The summed E-state index contributed by atoms with van der Waals surface area (Å²) in [5.41, 5.74) is -0.0806. The highest BCUT2D eigenvalue weighted by atomic mass is 35.5. The molecule has 1 saturated heterocycles. The first-order valence-electron chi connectivity index (χ1n) is 6.71. The number of benzene rings is 1. The summed E-state index contributed by atoms with van der Waals surface area (Å²) in [6.07, 6.45) is -3.05. The number of piperidine rings is 1. The van der Waals surface area contributed by atoms with Crippen molar-refractivity contribution in [2.75, 3.05) is 20.1 Å². The van der Waals surface area contributed by atoms with Crippen LogP contribution in [0.2, 0.25) is 0 Å². The Morgan fingerprint density at radius 1 is 1.36 bits per heavy atom. The van der Waals surface area contributed by atoms with Crippen molar-refractivity contribution < 1.29 is 22.7 Å². The predicted octanol–water partition coefficient (Wildman–Crippen LogP) is 2.83. The van der Waals surface area contributed by atoms with Gasteiger partial charge < -0.3 is 15.0 Å². The SMILES string of the molecule is CN(C(=O)c1ccccc1OC(F)(F)F)C1CCCNC1.Cl. The minimum Gasteiger partial charge on any atom is -0.405 e. The number of carbonyl (C=O) groups excluding carboxylic acids is 1. The fourth-order valence-electron chi connectivity index (χ4n) is 2.38. The third-order valence-corrected chi connectivity index (χ3v) is 3.48. The van der Waals surface area contributed by atoms with E-state index in [0.717, 1.165) is 25.5 Å². The molecule has 1 heterocycles. The Bertz CT molecular complexity index is 505. The van der Waals surface area contributed by atoms with Gasteiger partial charge in [-0.05, 0) is 31.5 Å². The van der Waals surface area contributed by atoms with Crippen LogP contribution in [0.1, 0.15) is 23.2 Å². The second kappa shape index (κ2) is 7.69. The van der Waals surface area contributed by atoms with Crippen molar-refractivity contribution in [3.63, 3.8) is 0 Å². The fraction of sp³-hybridized carbons (Fsp3) is 0.500. The minimum absolute atomic E-state index is 0. The van der Waals surface area contributed by atoms with Crippen molar-refractivity contribution >= 4 is 18.3 Å². The van der Waals surface area contributed by atoms with Crippen LogP contribution in [0.4, 0.5) is 13.2 Å². The van der Waals surface area contributed by atoms with E-state index in [1.165, 1.54) is 23.1 Å². The number of ether oxygens (including phenoxy) is 1. The largest absolute Gasteiger partial charge is 0.573 e. The summed E-state index contributed by atoms with van der Waals surface area (Å²) in [6.45, 7) is 1.54. The van der Waals surface area contributed by atoms with Crippen molar-refractivity contribution in [1.82, 2.24) is 10.2 Å². The summed E-state index contributed by atoms with van der Waals surface area (Å²) in [7, 11) is 1.60. The molecule has 0 aliphatic carbocycles. The van der Waals surface area contributed by atoms with Crippen molar-refractivity contribution in [2.45, 2.75) is 25.2 Å². The van der Waals surface area contributed by atoms with E-state index in [0.29, 0.717) is 6.54 Å². The molecular weight excluding hydrogens is 321 g/mol. The maximum atomic E-state index is 12.4. The molecule has 0 saturated carbocycles. The zero-order valence-corrected chi connectivity index (χ0v) is 12.8. The maximum Gasteiger partial charge on any atom is 0.573 e. The summed E-state index contributed by atoms with van der Waals surface area (Å²) in [4.78, 5) is 13.9. The molecule has 4 nitrogen and oxygen atoms in total. The zero-order valence-electron chi connectivity index (χ0n) is 12.0. The monoisotopic (exact) mass is 338 g/mol. The lowest BCUT2D eigenvalue weighted by Crippen LogP contribution is -2.46. The van der Waals surface area contributed by atoms with Crippen molar-refractivity contribution in [2.24, 2.45) is 0 Å². The van der Waals surface area contributed by atoms with E-state index in [9.17, 15) is 18.0 Å². The standard InChI is InChI=1S/C14H17F3N2O2.ClH/c1-19(10-5-4-8-18-9-10)13(20)11-6-2-3-7-12(11)21-14(15,16)17;/h2-3,6-7,10,18H,4-5,8-9H2,1H3;1H. The van der Waals surface area contributed by atoms with E-state index < -0.39 is 18.0 Å². The van der Waals surface area contributed by atoms with Gasteiger partial charge in [0.1, 0.15) is 5.75 Å². The van der Waals surface area contributed by atoms with Crippen molar-refractivity contribution in [3.8, 4) is 5.75 Å². The van der Waals surface area contributed by atoms with Gasteiger partial charge in [-0.15, -0.1) is 25.6 Å². The average molecular weight is 339 g/mol. The molecule has 8 heteroatoms.